The molecule has 110 valence electrons. The number of nitrogens with zero attached hydrogens (tertiary/aromatic N) is 2. The normalized spacial score (nSPS) is 10.2. The minimum Gasteiger partial charge on any atom is -0.493 e. The largest absolute Gasteiger partial charge is 0.493 e. The lowest BCUT2D eigenvalue weighted by Gasteiger charge is -2.11. The van der Waals surface area contributed by atoms with Gasteiger partial charge in [0, 0.05) is 18.2 Å². The zero-order chi connectivity index (χ0) is 15.2. The van der Waals surface area contributed by atoms with E-state index in [0.717, 1.165) is 5.56 Å². The summed E-state index contributed by atoms with van der Waals surface area (Å²) < 4.78 is 5.56. The molecule has 1 heterocycles. The smallest absolute Gasteiger partial charge is 0.275 e. The summed E-state index contributed by atoms with van der Waals surface area (Å²) in [6, 6.07) is 10.3. The molecular weight excluding hydrogens is 270 g/mol. The van der Waals surface area contributed by atoms with Crippen LogP contribution in [0, 0.1) is 10.1 Å². The van der Waals surface area contributed by atoms with E-state index in [2.05, 4.69) is 10.3 Å². The standard InChI is InChI=1S/C15H17N3O3/c1-3-16-15-10-11(18(19)20)9-13(17-15)12-7-5-6-8-14(12)21-4-2/h5-10H,3-4H2,1-2H3,(H,16,17). The number of ether oxygens (including phenoxy) is 1. The van der Waals surface area contributed by atoms with E-state index < -0.39 is 4.92 Å². The van der Waals surface area contributed by atoms with Crippen LogP contribution in [-0.2, 0) is 0 Å². The molecule has 0 aliphatic heterocycles. The van der Waals surface area contributed by atoms with Crippen LogP contribution < -0.4 is 10.1 Å². The van der Waals surface area contributed by atoms with Gasteiger partial charge in [-0.2, -0.15) is 0 Å². The van der Waals surface area contributed by atoms with Crippen LogP contribution in [0.4, 0.5) is 11.5 Å². The summed E-state index contributed by atoms with van der Waals surface area (Å²) >= 11 is 0. The molecule has 0 radical (unpaired) electrons. The molecule has 1 aromatic heterocycles. The van der Waals surface area contributed by atoms with Gasteiger partial charge in [0.2, 0.25) is 0 Å². The fraction of sp³-hybridized carbons (Fsp3) is 0.267. The van der Waals surface area contributed by atoms with E-state index >= 15 is 0 Å². The number of pyridine rings is 1. The second-order valence-electron chi connectivity index (χ2n) is 4.31. The maximum absolute atomic E-state index is 11.1. The second-order valence-corrected chi connectivity index (χ2v) is 4.31. The number of aromatic nitrogens is 1. The Kier molecular flexibility index (Phi) is 4.71. The number of nitro groups is 1. The highest BCUT2D eigenvalue weighted by Crippen LogP contribution is 2.31. The summed E-state index contributed by atoms with van der Waals surface area (Å²) in [4.78, 5) is 15.1. The van der Waals surface area contributed by atoms with Crippen LogP contribution in [-0.4, -0.2) is 23.1 Å². The van der Waals surface area contributed by atoms with E-state index in [1.54, 1.807) is 0 Å². The number of anilines is 1. The summed E-state index contributed by atoms with van der Waals surface area (Å²) in [5.74, 6) is 1.14. The van der Waals surface area contributed by atoms with Crippen LogP contribution in [0.2, 0.25) is 0 Å². The molecular formula is C15H17N3O3. The SMILES string of the molecule is CCNc1cc([N+](=O)[O-])cc(-c2ccccc2OCC)n1. The number of rotatable bonds is 6. The van der Waals surface area contributed by atoms with Crippen molar-refractivity contribution in [3.8, 4) is 17.0 Å². The number of hydrogen-bond acceptors (Lipinski definition) is 5. The Labute approximate surface area is 122 Å². The second kappa shape index (κ2) is 6.69. The molecule has 0 atom stereocenters. The molecule has 1 aromatic carbocycles. The van der Waals surface area contributed by atoms with E-state index in [4.69, 9.17) is 4.74 Å². The van der Waals surface area contributed by atoms with E-state index in [1.165, 1.54) is 12.1 Å². The van der Waals surface area contributed by atoms with Gasteiger partial charge in [0.25, 0.3) is 5.69 Å². The Bertz CT molecular complexity index is 644. The number of benzene rings is 1. The maximum atomic E-state index is 11.1. The number of nitrogens with one attached hydrogen (secondary N) is 1. The van der Waals surface area contributed by atoms with Crippen molar-refractivity contribution >= 4 is 11.5 Å². The Morgan fingerprint density at radius 1 is 1.29 bits per heavy atom. The van der Waals surface area contributed by atoms with E-state index in [0.29, 0.717) is 30.4 Å². The van der Waals surface area contributed by atoms with E-state index in [-0.39, 0.29) is 5.69 Å². The third-order valence-electron chi connectivity index (χ3n) is 2.84. The summed E-state index contributed by atoms with van der Waals surface area (Å²) in [6.07, 6.45) is 0. The summed E-state index contributed by atoms with van der Waals surface area (Å²) in [6.45, 7) is 4.96. The number of para-hydroxylation sites is 1. The fourth-order valence-electron chi connectivity index (χ4n) is 1.99. The average molecular weight is 287 g/mol. The molecule has 0 amide bonds. The molecule has 0 saturated heterocycles. The Morgan fingerprint density at radius 3 is 2.71 bits per heavy atom. The van der Waals surface area contributed by atoms with Crippen molar-refractivity contribution in [2.75, 3.05) is 18.5 Å². The van der Waals surface area contributed by atoms with Crippen molar-refractivity contribution in [1.82, 2.24) is 4.98 Å². The summed E-state index contributed by atoms with van der Waals surface area (Å²) in [7, 11) is 0. The van der Waals surface area contributed by atoms with Crippen LogP contribution in [0.25, 0.3) is 11.3 Å². The molecule has 6 heteroatoms. The number of hydrogen-bond donors (Lipinski definition) is 1. The Hall–Kier alpha value is -2.63. The molecule has 2 rings (SSSR count). The molecule has 0 bridgehead atoms. The highest BCUT2D eigenvalue weighted by Gasteiger charge is 2.14. The van der Waals surface area contributed by atoms with Gasteiger partial charge in [-0.25, -0.2) is 4.98 Å². The Balaban J connectivity index is 2.54. The van der Waals surface area contributed by atoms with E-state index in [1.807, 2.05) is 38.1 Å². The molecule has 0 unspecified atom stereocenters. The van der Waals surface area contributed by atoms with Crippen molar-refractivity contribution in [3.05, 3.63) is 46.5 Å². The molecule has 1 N–H and O–H groups in total. The van der Waals surface area contributed by atoms with Crippen molar-refractivity contribution in [3.63, 3.8) is 0 Å². The fourth-order valence-corrected chi connectivity index (χ4v) is 1.99. The van der Waals surface area contributed by atoms with Gasteiger partial charge in [0.1, 0.15) is 11.6 Å². The van der Waals surface area contributed by atoms with Crippen LogP contribution >= 0.6 is 0 Å². The third-order valence-corrected chi connectivity index (χ3v) is 2.84. The van der Waals surface area contributed by atoms with Gasteiger partial charge in [0.15, 0.2) is 0 Å². The monoisotopic (exact) mass is 287 g/mol. The zero-order valence-corrected chi connectivity index (χ0v) is 12.0. The van der Waals surface area contributed by atoms with Gasteiger partial charge in [-0.1, -0.05) is 12.1 Å². The van der Waals surface area contributed by atoms with Crippen LogP contribution in [0.15, 0.2) is 36.4 Å². The van der Waals surface area contributed by atoms with Gasteiger partial charge < -0.3 is 10.1 Å². The molecule has 6 nitrogen and oxygen atoms in total. The van der Waals surface area contributed by atoms with Crippen LogP contribution in [0.5, 0.6) is 5.75 Å². The molecule has 0 saturated carbocycles. The highest BCUT2D eigenvalue weighted by molar-refractivity contribution is 5.70. The van der Waals surface area contributed by atoms with Crippen LogP contribution in [0.1, 0.15) is 13.8 Å². The van der Waals surface area contributed by atoms with Crippen molar-refractivity contribution in [2.24, 2.45) is 0 Å². The molecule has 0 aliphatic rings. The lowest BCUT2D eigenvalue weighted by molar-refractivity contribution is -0.384. The molecule has 21 heavy (non-hydrogen) atoms. The van der Waals surface area contributed by atoms with Gasteiger partial charge in [-0.05, 0) is 26.0 Å². The molecule has 0 spiro atoms. The first-order valence-electron chi connectivity index (χ1n) is 6.78. The topological polar surface area (TPSA) is 77.3 Å². The summed E-state index contributed by atoms with van der Waals surface area (Å²) in [5, 5.41) is 14.1. The zero-order valence-electron chi connectivity index (χ0n) is 12.0. The minimum atomic E-state index is -0.421. The summed E-state index contributed by atoms with van der Waals surface area (Å²) in [5.41, 5.74) is 1.26. The molecule has 0 aliphatic carbocycles. The average Bonchev–Trinajstić information content (AvgIpc) is 2.48. The molecule has 2 aromatic rings. The van der Waals surface area contributed by atoms with Gasteiger partial charge in [-0.3, -0.25) is 10.1 Å². The van der Waals surface area contributed by atoms with Gasteiger partial charge >= 0.3 is 0 Å². The van der Waals surface area contributed by atoms with Crippen molar-refractivity contribution < 1.29 is 9.66 Å². The lowest BCUT2D eigenvalue weighted by atomic mass is 10.1. The predicted octanol–water partition coefficient (Wildman–Crippen LogP) is 3.49. The minimum absolute atomic E-state index is 0.00208. The van der Waals surface area contributed by atoms with Crippen LogP contribution in [0.3, 0.4) is 0 Å². The van der Waals surface area contributed by atoms with Gasteiger partial charge in [0.05, 0.1) is 23.3 Å². The third kappa shape index (κ3) is 3.47. The first kappa shape index (κ1) is 14.8. The lowest BCUT2D eigenvalue weighted by Crippen LogP contribution is -2.02. The Morgan fingerprint density at radius 2 is 2.05 bits per heavy atom. The van der Waals surface area contributed by atoms with Crippen molar-refractivity contribution in [2.45, 2.75) is 13.8 Å². The first-order chi connectivity index (χ1) is 10.2. The van der Waals surface area contributed by atoms with Gasteiger partial charge in [-0.15, -0.1) is 0 Å². The predicted molar refractivity (Wildman–Crippen MR) is 81.7 cm³/mol. The first-order valence-corrected chi connectivity index (χ1v) is 6.78. The highest BCUT2D eigenvalue weighted by atomic mass is 16.6. The quantitative estimate of drug-likeness (QED) is 0.650. The molecule has 0 fully saturated rings. The maximum Gasteiger partial charge on any atom is 0.275 e. The van der Waals surface area contributed by atoms with E-state index in [9.17, 15) is 10.1 Å². The van der Waals surface area contributed by atoms with Crippen molar-refractivity contribution in [1.29, 1.82) is 0 Å².